The number of morpholine rings is 1. The molecule has 5 nitrogen and oxygen atoms in total. The largest absolute Gasteiger partial charge is 0.426 e. The van der Waals surface area contributed by atoms with Crippen molar-refractivity contribution in [3.8, 4) is 16.9 Å². The van der Waals surface area contributed by atoms with Gasteiger partial charge in [0.2, 0.25) is 5.91 Å². The summed E-state index contributed by atoms with van der Waals surface area (Å²) in [6, 6.07) is 40.7. The van der Waals surface area contributed by atoms with Crippen LogP contribution in [-0.4, -0.2) is 43.1 Å². The fourth-order valence-corrected chi connectivity index (χ4v) is 6.38. The minimum absolute atomic E-state index is 0.0525. The quantitative estimate of drug-likeness (QED) is 0.143. The highest BCUT2D eigenvalue weighted by Crippen LogP contribution is 2.41. The summed E-state index contributed by atoms with van der Waals surface area (Å²) in [4.78, 5) is 29.5. The zero-order valence-corrected chi connectivity index (χ0v) is 24.4. The Morgan fingerprint density at radius 3 is 2.00 bits per heavy atom. The van der Waals surface area contributed by atoms with Gasteiger partial charge < -0.3 is 14.4 Å². The molecule has 6 aromatic carbocycles. The molecule has 1 amide bonds. The maximum absolute atomic E-state index is 14.2. The van der Waals surface area contributed by atoms with E-state index in [1.165, 1.54) is 0 Å². The average Bonchev–Trinajstić information content (AvgIpc) is 3.08. The van der Waals surface area contributed by atoms with Gasteiger partial charge in [0.25, 0.3) is 0 Å². The Morgan fingerprint density at radius 2 is 1.25 bits per heavy atom. The molecule has 7 rings (SSSR count). The van der Waals surface area contributed by atoms with Gasteiger partial charge in [0.1, 0.15) is 5.75 Å². The maximum atomic E-state index is 14.2. The zero-order chi connectivity index (χ0) is 29.9. The Morgan fingerprint density at radius 1 is 0.659 bits per heavy atom. The summed E-state index contributed by atoms with van der Waals surface area (Å²) >= 11 is 0. The molecule has 1 atom stereocenters. The van der Waals surface area contributed by atoms with Crippen LogP contribution >= 0.6 is 0 Å². The van der Waals surface area contributed by atoms with E-state index in [4.69, 9.17) is 9.47 Å². The van der Waals surface area contributed by atoms with E-state index in [1.54, 1.807) is 4.90 Å². The molecular weight excluding hydrogens is 546 g/mol. The molecular formula is C39H33NO4. The number of esters is 1. The molecule has 0 spiro atoms. The molecule has 0 aliphatic carbocycles. The van der Waals surface area contributed by atoms with E-state index in [1.807, 2.05) is 66.7 Å². The number of hydrogen-bond donors (Lipinski definition) is 0. The minimum Gasteiger partial charge on any atom is -0.426 e. The summed E-state index contributed by atoms with van der Waals surface area (Å²) in [6.45, 7) is 2.08. The first-order chi connectivity index (χ1) is 21.7. The minimum atomic E-state index is -0.664. The van der Waals surface area contributed by atoms with Gasteiger partial charge in [-0.15, -0.1) is 0 Å². The lowest BCUT2D eigenvalue weighted by molar-refractivity contribution is -0.145. The number of ether oxygens (including phenoxy) is 2. The van der Waals surface area contributed by atoms with Crippen molar-refractivity contribution >= 4 is 44.2 Å². The van der Waals surface area contributed by atoms with Gasteiger partial charge in [-0.1, -0.05) is 115 Å². The molecule has 0 N–H and O–H groups in total. The monoisotopic (exact) mass is 579 g/mol. The van der Waals surface area contributed by atoms with Crippen LogP contribution in [0.15, 0.2) is 121 Å². The van der Waals surface area contributed by atoms with Crippen molar-refractivity contribution in [3.05, 3.63) is 127 Å². The third-order valence-electron chi connectivity index (χ3n) is 8.62. The molecule has 5 heteroatoms. The number of nitrogens with zero attached hydrogens (tertiary/aromatic N) is 1. The van der Waals surface area contributed by atoms with Crippen LogP contribution < -0.4 is 4.74 Å². The molecule has 1 aliphatic heterocycles. The van der Waals surface area contributed by atoms with Crippen LogP contribution in [-0.2, 0) is 20.7 Å². The Labute approximate surface area is 256 Å². The lowest BCUT2D eigenvalue weighted by Crippen LogP contribution is -2.42. The highest BCUT2D eigenvalue weighted by molar-refractivity contribution is 6.08. The maximum Gasteiger partial charge on any atom is 0.315 e. The zero-order valence-electron chi connectivity index (χ0n) is 24.4. The van der Waals surface area contributed by atoms with E-state index >= 15 is 0 Å². The van der Waals surface area contributed by atoms with Crippen molar-refractivity contribution in [3.63, 3.8) is 0 Å². The van der Waals surface area contributed by atoms with Crippen molar-refractivity contribution in [2.45, 2.75) is 12.8 Å². The smallest absolute Gasteiger partial charge is 0.315 e. The fourth-order valence-electron chi connectivity index (χ4n) is 6.38. The van der Waals surface area contributed by atoms with Crippen LogP contribution in [0.3, 0.4) is 0 Å². The third-order valence-corrected chi connectivity index (χ3v) is 8.62. The second-order valence-corrected chi connectivity index (χ2v) is 11.3. The van der Waals surface area contributed by atoms with Gasteiger partial charge >= 0.3 is 5.97 Å². The number of carbonyl (C=O) groups excluding carboxylic acids is 2. The van der Waals surface area contributed by atoms with Crippen molar-refractivity contribution < 1.29 is 19.1 Å². The van der Waals surface area contributed by atoms with Gasteiger partial charge in [-0.3, -0.25) is 9.59 Å². The summed E-state index contributed by atoms with van der Waals surface area (Å²) in [5, 5.41) is 6.44. The van der Waals surface area contributed by atoms with Crippen LogP contribution in [0.5, 0.6) is 5.75 Å². The van der Waals surface area contributed by atoms with Crippen molar-refractivity contribution in [1.82, 2.24) is 4.90 Å². The van der Waals surface area contributed by atoms with Crippen molar-refractivity contribution in [2.75, 3.05) is 26.3 Å². The summed E-state index contributed by atoms with van der Waals surface area (Å²) in [5.41, 5.74) is 2.89. The SMILES string of the molecule is O=C(Oc1ccc2ccccc2c1-c1cccc2ccccc12)C(CC(=O)N1CCOCC1)Cc1cccc2ccccc12. The molecule has 218 valence electrons. The standard InChI is InChI=1S/C39H33NO4/c41-37(40-21-23-43-24-22-40)26-31(25-30-14-7-12-27-9-1-4-15-32(27)30)39(42)44-36-20-19-29-11-3-6-17-34(29)38(36)35-18-8-13-28-10-2-5-16-33(28)35/h1-20,31H,21-26H2. The first-order valence-corrected chi connectivity index (χ1v) is 15.2. The number of benzene rings is 6. The Kier molecular flexibility index (Phi) is 7.78. The molecule has 44 heavy (non-hydrogen) atoms. The van der Waals surface area contributed by atoms with Crippen LogP contribution in [0.4, 0.5) is 0 Å². The number of hydrogen-bond acceptors (Lipinski definition) is 4. The molecule has 1 heterocycles. The second kappa shape index (κ2) is 12.3. The molecule has 1 aliphatic rings. The Hall–Kier alpha value is -5.00. The summed E-state index contributed by atoms with van der Waals surface area (Å²) in [5.74, 6) is -0.630. The third kappa shape index (κ3) is 5.54. The van der Waals surface area contributed by atoms with Crippen molar-refractivity contribution in [2.24, 2.45) is 5.92 Å². The Balaban J connectivity index is 1.29. The van der Waals surface area contributed by atoms with E-state index in [0.717, 1.165) is 49.0 Å². The molecule has 0 aromatic heterocycles. The number of fused-ring (bicyclic) bond motifs is 3. The molecule has 0 saturated carbocycles. The van der Waals surface area contributed by atoms with Crippen molar-refractivity contribution in [1.29, 1.82) is 0 Å². The van der Waals surface area contributed by atoms with Gasteiger partial charge in [0.05, 0.1) is 19.1 Å². The summed E-state index contributed by atoms with van der Waals surface area (Å²) in [6.07, 6.45) is 0.465. The van der Waals surface area contributed by atoms with Gasteiger partial charge in [-0.2, -0.15) is 0 Å². The first kappa shape index (κ1) is 27.8. The summed E-state index contributed by atoms with van der Waals surface area (Å²) in [7, 11) is 0. The average molecular weight is 580 g/mol. The molecule has 1 unspecified atom stereocenters. The molecule has 0 radical (unpaired) electrons. The van der Waals surface area contributed by atoms with Crippen LogP contribution in [0.2, 0.25) is 0 Å². The van der Waals surface area contributed by atoms with Gasteiger partial charge in [0, 0.05) is 25.1 Å². The Bertz CT molecular complexity index is 1980. The van der Waals surface area contributed by atoms with Gasteiger partial charge in [-0.25, -0.2) is 0 Å². The second-order valence-electron chi connectivity index (χ2n) is 11.3. The van der Waals surface area contributed by atoms with Crippen LogP contribution in [0, 0.1) is 5.92 Å². The van der Waals surface area contributed by atoms with Crippen LogP contribution in [0.1, 0.15) is 12.0 Å². The predicted octanol–water partition coefficient (Wildman–Crippen LogP) is 7.83. The van der Waals surface area contributed by atoms with E-state index in [-0.39, 0.29) is 12.3 Å². The van der Waals surface area contributed by atoms with Crippen LogP contribution in [0.25, 0.3) is 43.4 Å². The highest BCUT2D eigenvalue weighted by atomic mass is 16.5. The van der Waals surface area contributed by atoms with E-state index < -0.39 is 11.9 Å². The number of rotatable bonds is 7. The highest BCUT2D eigenvalue weighted by Gasteiger charge is 2.29. The van der Waals surface area contributed by atoms with E-state index in [9.17, 15) is 9.59 Å². The normalized spacial score (nSPS) is 14.1. The molecule has 1 saturated heterocycles. The molecule has 6 aromatic rings. The molecule has 1 fully saturated rings. The van der Waals surface area contributed by atoms with Gasteiger partial charge in [-0.05, 0) is 55.9 Å². The lowest BCUT2D eigenvalue weighted by atomic mass is 9.91. The lowest BCUT2D eigenvalue weighted by Gasteiger charge is -2.28. The molecule has 0 bridgehead atoms. The van der Waals surface area contributed by atoms with E-state index in [2.05, 4.69) is 54.6 Å². The topological polar surface area (TPSA) is 55.8 Å². The number of carbonyl (C=O) groups is 2. The van der Waals surface area contributed by atoms with Gasteiger partial charge in [0.15, 0.2) is 0 Å². The fraction of sp³-hybridized carbons (Fsp3) is 0.179. The number of amides is 1. The first-order valence-electron chi connectivity index (χ1n) is 15.2. The van der Waals surface area contributed by atoms with E-state index in [0.29, 0.717) is 38.5 Å². The predicted molar refractivity (Wildman–Crippen MR) is 176 cm³/mol. The summed E-state index contributed by atoms with van der Waals surface area (Å²) < 4.78 is 11.8.